The summed E-state index contributed by atoms with van der Waals surface area (Å²) in [7, 11) is -4.18. The van der Waals surface area contributed by atoms with Gasteiger partial charge in [0.25, 0.3) is 10.1 Å². The van der Waals surface area contributed by atoms with E-state index in [9.17, 15) is 33.0 Å². The minimum atomic E-state index is -4.18. The van der Waals surface area contributed by atoms with Gasteiger partial charge in [0, 0.05) is 25.8 Å². The molecule has 1 amide bonds. The average Bonchev–Trinajstić information content (AvgIpc) is 2.53. The predicted molar refractivity (Wildman–Crippen MR) is 99.8 cm³/mol. The van der Waals surface area contributed by atoms with Crippen LogP contribution >= 0.6 is 0 Å². The number of carbonyl (C=O) groups is 3. The molecule has 28 heavy (non-hydrogen) atoms. The third kappa shape index (κ3) is 8.53. The summed E-state index contributed by atoms with van der Waals surface area (Å²) in [5, 5.41) is 21.7. The lowest BCUT2D eigenvalue weighted by Crippen LogP contribution is -2.54. The molecule has 0 rings (SSSR count). The first kappa shape index (κ1) is 26.3. The molecule has 0 aromatic rings. The molecule has 0 saturated carbocycles. The van der Waals surface area contributed by atoms with Crippen molar-refractivity contribution in [3.63, 3.8) is 0 Å². The summed E-state index contributed by atoms with van der Waals surface area (Å²) in [5.41, 5.74) is -1.61. The highest BCUT2D eigenvalue weighted by atomic mass is 32.2. The van der Waals surface area contributed by atoms with E-state index in [4.69, 9.17) is 8.92 Å². The minimum Gasteiger partial charge on any atom is -0.479 e. The first-order valence-corrected chi connectivity index (χ1v) is 10.4. The Balaban J connectivity index is 5.74. The molecule has 0 aliphatic heterocycles. The smallest absolute Gasteiger partial charge is 0.333 e. The molecule has 3 N–H and O–H groups in total. The van der Waals surface area contributed by atoms with Crippen LogP contribution in [-0.4, -0.2) is 67.1 Å². The Morgan fingerprint density at radius 1 is 1.14 bits per heavy atom. The van der Waals surface area contributed by atoms with Gasteiger partial charge in [-0.25, -0.2) is 4.79 Å². The quantitative estimate of drug-likeness (QED) is 0.227. The predicted octanol–water partition coefficient (Wildman–Crippen LogP) is 0.287. The van der Waals surface area contributed by atoms with Crippen LogP contribution in [0.25, 0.3) is 0 Å². The van der Waals surface area contributed by atoms with Crippen LogP contribution in [0.5, 0.6) is 0 Å². The van der Waals surface area contributed by atoms with Gasteiger partial charge in [0.15, 0.2) is 6.10 Å². The van der Waals surface area contributed by atoms with E-state index in [-0.39, 0.29) is 18.9 Å². The zero-order valence-corrected chi connectivity index (χ0v) is 17.9. The van der Waals surface area contributed by atoms with Gasteiger partial charge in [-0.1, -0.05) is 27.7 Å². The van der Waals surface area contributed by atoms with Crippen molar-refractivity contribution < 1.29 is 41.9 Å². The maximum Gasteiger partial charge on any atom is 0.333 e. The number of amides is 1. The number of aliphatic carboxylic acids is 1. The van der Waals surface area contributed by atoms with E-state index >= 15 is 0 Å². The summed E-state index contributed by atoms with van der Waals surface area (Å²) in [4.78, 5) is 33.6. The highest BCUT2D eigenvalue weighted by Gasteiger charge is 2.49. The Morgan fingerprint density at radius 2 is 1.68 bits per heavy atom. The third-order valence-electron chi connectivity index (χ3n) is 4.12. The molecule has 0 aromatic carbocycles. The molecule has 0 aliphatic rings. The van der Waals surface area contributed by atoms with E-state index in [0.717, 1.165) is 6.92 Å². The molecule has 0 saturated heterocycles. The first-order chi connectivity index (χ1) is 12.6. The topological polar surface area (TPSA) is 156 Å². The Bertz CT molecular complexity index is 658. The molecular weight excluding hydrogens is 394 g/mol. The molecule has 11 heteroatoms. The molecule has 0 radical (unpaired) electrons. The summed E-state index contributed by atoms with van der Waals surface area (Å²) < 4.78 is 35.3. The van der Waals surface area contributed by atoms with Crippen LogP contribution in [0.4, 0.5) is 0 Å². The number of aliphatic hydroxyl groups is 1. The zero-order chi connectivity index (χ0) is 22.3. The molecule has 3 atom stereocenters. The van der Waals surface area contributed by atoms with Gasteiger partial charge < -0.3 is 20.3 Å². The minimum absolute atomic E-state index is 0.0659. The van der Waals surface area contributed by atoms with Crippen molar-refractivity contribution in [2.24, 2.45) is 11.3 Å². The lowest BCUT2D eigenvalue weighted by Gasteiger charge is -2.40. The zero-order valence-electron chi connectivity index (χ0n) is 17.1. The fourth-order valence-corrected chi connectivity index (χ4v) is 3.80. The van der Waals surface area contributed by atoms with Crippen molar-refractivity contribution in [2.45, 2.75) is 66.3 Å². The van der Waals surface area contributed by atoms with Crippen molar-refractivity contribution in [3.05, 3.63) is 0 Å². The van der Waals surface area contributed by atoms with Crippen LogP contribution in [0.15, 0.2) is 0 Å². The Labute approximate surface area is 165 Å². The molecule has 164 valence electrons. The van der Waals surface area contributed by atoms with Crippen LogP contribution in [0.3, 0.4) is 0 Å². The molecular formula is C17H31NO9S. The normalized spacial score (nSPS) is 15.6. The average molecular weight is 426 g/mol. The monoisotopic (exact) mass is 425 g/mol. The van der Waals surface area contributed by atoms with Crippen LogP contribution < -0.4 is 5.32 Å². The summed E-state index contributed by atoms with van der Waals surface area (Å²) in [6.07, 6.45) is -4.47. The van der Waals surface area contributed by atoms with E-state index in [1.165, 1.54) is 20.8 Å². The number of carbonyl (C=O) groups excluding carboxylic acids is 2. The third-order valence-corrected chi connectivity index (χ3v) is 5.41. The van der Waals surface area contributed by atoms with Crippen molar-refractivity contribution in [1.29, 1.82) is 0 Å². The summed E-state index contributed by atoms with van der Waals surface area (Å²) >= 11 is 0. The lowest BCUT2D eigenvalue weighted by molar-refractivity contribution is -0.173. The van der Waals surface area contributed by atoms with Gasteiger partial charge in [-0.3, -0.25) is 13.8 Å². The summed E-state index contributed by atoms with van der Waals surface area (Å²) in [6, 6.07) is 0. The number of esters is 1. The van der Waals surface area contributed by atoms with E-state index in [1.54, 1.807) is 13.8 Å². The van der Waals surface area contributed by atoms with Crippen LogP contribution in [0, 0.1) is 11.3 Å². The molecule has 0 fully saturated rings. The first-order valence-electron chi connectivity index (χ1n) is 8.85. The number of hydrogen-bond donors (Lipinski definition) is 3. The molecule has 0 bridgehead atoms. The van der Waals surface area contributed by atoms with Crippen molar-refractivity contribution >= 4 is 28.0 Å². The van der Waals surface area contributed by atoms with Gasteiger partial charge in [-0.15, -0.1) is 0 Å². The van der Waals surface area contributed by atoms with Crippen LogP contribution in [0.2, 0.25) is 0 Å². The van der Waals surface area contributed by atoms with E-state index < -0.39 is 57.5 Å². The summed E-state index contributed by atoms with van der Waals surface area (Å²) in [5.74, 6) is -3.45. The molecule has 0 aliphatic carbocycles. The van der Waals surface area contributed by atoms with E-state index in [0.29, 0.717) is 0 Å². The molecule has 0 spiro atoms. The maximum absolute atomic E-state index is 12.4. The van der Waals surface area contributed by atoms with Gasteiger partial charge in [-0.05, 0) is 12.3 Å². The number of carboxylic acids is 1. The fraction of sp³-hybridized carbons (Fsp3) is 0.824. The number of nitrogens with one attached hydrogen (secondary N) is 1. The molecule has 0 heterocycles. The molecule has 10 nitrogen and oxygen atoms in total. The fourth-order valence-electron chi connectivity index (χ4n) is 2.53. The maximum atomic E-state index is 12.4. The number of carboxylic acid groups (broad SMARTS) is 1. The highest BCUT2D eigenvalue weighted by Crippen LogP contribution is 2.35. The van der Waals surface area contributed by atoms with Crippen LogP contribution in [-0.2, 0) is 33.4 Å². The van der Waals surface area contributed by atoms with Crippen molar-refractivity contribution in [2.75, 3.05) is 12.3 Å². The highest BCUT2D eigenvalue weighted by molar-refractivity contribution is 7.86. The van der Waals surface area contributed by atoms with E-state index in [1.807, 2.05) is 0 Å². The van der Waals surface area contributed by atoms with Gasteiger partial charge in [-0.2, -0.15) is 8.42 Å². The number of rotatable bonds is 12. The molecule has 0 aromatic heterocycles. The van der Waals surface area contributed by atoms with Gasteiger partial charge >= 0.3 is 11.9 Å². The number of hydrogen-bond acceptors (Lipinski definition) is 8. The second-order valence-corrected chi connectivity index (χ2v) is 9.21. The van der Waals surface area contributed by atoms with Crippen molar-refractivity contribution in [3.8, 4) is 0 Å². The van der Waals surface area contributed by atoms with Gasteiger partial charge in [0.1, 0.15) is 12.2 Å². The second kappa shape index (κ2) is 10.7. The Kier molecular flexibility index (Phi) is 10.1. The summed E-state index contributed by atoms with van der Waals surface area (Å²) in [6.45, 7) is 8.48. The molecule has 2 unspecified atom stereocenters. The second-order valence-electron chi connectivity index (χ2n) is 7.50. The number of ether oxygens (including phenoxy) is 1. The standard InChI is InChI=1S/C17H31NO9S/c1-10(2)13(26-12(4)20)15(17(5,6)14(21)16(22)23)27-28(24,25)9-7-8-18-11(3)19/h10,13-15,21H,7-9H2,1-6H3,(H,18,19)(H,22,23)/t13?,14-,15?/m0/s1. The van der Waals surface area contributed by atoms with Crippen LogP contribution in [0.1, 0.15) is 48.0 Å². The van der Waals surface area contributed by atoms with Crippen molar-refractivity contribution in [1.82, 2.24) is 5.32 Å². The van der Waals surface area contributed by atoms with E-state index in [2.05, 4.69) is 5.32 Å². The SMILES string of the molecule is CC(=O)NCCCS(=O)(=O)OC(C(OC(C)=O)C(C)C)C(C)(C)[C@@H](O)C(=O)O. The Morgan fingerprint density at radius 3 is 2.07 bits per heavy atom. The number of aliphatic hydroxyl groups excluding tert-OH is 1. The lowest BCUT2D eigenvalue weighted by atomic mass is 9.76. The largest absolute Gasteiger partial charge is 0.479 e. The Hall–Kier alpha value is -1.72. The van der Waals surface area contributed by atoms with Gasteiger partial charge in [0.2, 0.25) is 5.91 Å². The van der Waals surface area contributed by atoms with Gasteiger partial charge in [0.05, 0.1) is 5.75 Å².